The van der Waals surface area contributed by atoms with Crippen LogP contribution in [0, 0.1) is 17.2 Å². The van der Waals surface area contributed by atoms with E-state index in [1.807, 2.05) is 6.07 Å². The largest absolute Gasteiger partial charge is 0.497 e. The van der Waals surface area contributed by atoms with Crippen LogP contribution in [-0.4, -0.2) is 23.6 Å². The highest BCUT2D eigenvalue weighted by molar-refractivity contribution is 8.06. The fourth-order valence-electron chi connectivity index (χ4n) is 3.46. The number of benzene rings is 2. The average molecular weight is 446 g/mol. The van der Waals surface area contributed by atoms with Crippen molar-refractivity contribution in [3.8, 4) is 17.0 Å². The second-order valence-corrected chi connectivity index (χ2v) is 8.39. The number of hydrogen-bond donors (Lipinski definition) is 2. The molecule has 0 bridgehead atoms. The van der Waals surface area contributed by atoms with Gasteiger partial charge in [0.2, 0.25) is 0 Å². The third-order valence-electron chi connectivity index (χ3n) is 5.33. The van der Waals surface area contributed by atoms with Crippen molar-refractivity contribution >= 4 is 40.0 Å². The van der Waals surface area contributed by atoms with Gasteiger partial charge in [-0.25, -0.2) is 4.98 Å². The van der Waals surface area contributed by atoms with Crippen LogP contribution in [0.5, 0.6) is 5.75 Å². The number of fused-ring (bicyclic) bond motifs is 1. The molecule has 164 valence electrons. The average Bonchev–Trinajstić information content (AvgIpc) is 3.66. The Morgan fingerprint density at radius 2 is 2.09 bits per heavy atom. The number of anilines is 3. The molecule has 2 aromatic carbocycles. The fourth-order valence-corrected chi connectivity index (χ4v) is 3.72. The van der Waals surface area contributed by atoms with Crippen molar-refractivity contribution < 1.29 is 4.74 Å². The van der Waals surface area contributed by atoms with Gasteiger partial charge >= 0.3 is 0 Å². The Morgan fingerprint density at radius 1 is 1.22 bits per heavy atom. The summed E-state index contributed by atoms with van der Waals surface area (Å²) < 4.78 is 5.57. The van der Waals surface area contributed by atoms with Gasteiger partial charge in [0.05, 0.1) is 24.3 Å². The number of nitrogens with two attached hydrogens (primary N) is 1. The number of aromatic nitrogens is 2. The first-order valence-corrected chi connectivity index (χ1v) is 11.6. The Morgan fingerprint density at radius 3 is 2.84 bits per heavy atom. The predicted molar refractivity (Wildman–Crippen MR) is 134 cm³/mol. The highest BCUT2D eigenvalue weighted by Gasteiger charge is 2.26. The number of thioether (sulfide) groups is 1. The molecule has 1 aromatic heterocycles. The van der Waals surface area contributed by atoms with E-state index in [1.54, 1.807) is 18.7 Å². The first kappa shape index (κ1) is 21.8. The SMILES string of the molecule is CCc1cc(OC)cc(N(CC2CC2)c2ccc3ncc(NC#CS/C=C\N)nc3c2)c1. The molecule has 1 saturated carbocycles. The fraction of sp³-hybridized carbons (Fsp3) is 0.280. The Hall–Kier alpha value is -3.37. The van der Waals surface area contributed by atoms with Crippen LogP contribution < -0.4 is 20.7 Å². The Kier molecular flexibility index (Phi) is 7.03. The minimum Gasteiger partial charge on any atom is -0.497 e. The number of aryl methyl sites for hydroxylation is 1. The molecular formula is C25H27N5OS. The van der Waals surface area contributed by atoms with Gasteiger partial charge < -0.3 is 15.4 Å². The molecular weight excluding hydrogens is 418 g/mol. The lowest BCUT2D eigenvalue weighted by Gasteiger charge is -2.26. The molecule has 4 rings (SSSR count). The summed E-state index contributed by atoms with van der Waals surface area (Å²) in [5.41, 5.74) is 10.5. The number of nitrogens with zero attached hydrogens (tertiary/aromatic N) is 3. The Bertz CT molecular complexity index is 1160. The summed E-state index contributed by atoms with van der Waals surface area (Å²) in [7, 11) is 1.72. The molecule has 0 atom stereocenters. The zero-order chi connectivity index (χ0) is 22.3. The van der Waals surface area contributed by atoms with Gasteiger partial charge in [0, 0.05) is 36.2 Å². The van der Waals surface area contributed by atoms with Crippen LogP contribution in [-0.2, 0) is 6.42 Å². The van der Waals surface area contributed by atoms with E-state index in [2.05, 4.69) is 63.8 Å². The lowest BCUT2D eigenvalue weighted by atomic mass is 10.1. The van der Waals surface area contributed by atoms with Crippen molar-refractivity contribution in [2.75, 3.05) is 23.9 Å². The number of rotatable bonds is 8. The number of hydrogen-bond acceptors (Lipinski definition) is 7. The summed E-state index contributed by atoms with van der Waals surface area (Å²) in [4.78, 5) is 11.6. The molecule has 0 radical (unpaired) electrons. The second-order valence-electron chi connectivity index (χ2n) is 7.67. The first-order chi connectivity index (χ1) is 15.7. The van der Waals surface area contributed by atoms with Gasteiger partial charge in [-0.3, -0.25) is 10.3 Å². The van der Waals surface area contributed by atoms with E-state index < -0.39 is 0 Å². The van der Waals surface area contributed by atoms with Gasteiger partial charge in [-0.1, -0.05) is 6.92 Å². The molecule has 1 fully saturated rings. The molecule has 3 N–H and O–H groups in total. The molecule has 0 amide bonds. The van der Waals surface area contributed by atoms with Crippen LogP contribution in [0.1, 0.15) is 25.3 Å². The predicted octanol–water partition coefficient (Wildman–Crippen LogP) is 5.24. The third kappa shape index (κ3) is 5.45. The van der Waals surface area contributed by atoms with Crippen LogP contribution in [0.2, 0.25) is 0 Å². The third-order valence-corrected chi connectivity index (χ3v) is 5.84. The zero-order valence-corrected chi connectivity index (χ0v) is 19.2. The highest BCUT2D eigenvalue weighted by atomic mass is 32.2. The summed E-state index contributed by atoms with van der Waals surface area (Å²) >= 11 is 1.30. The second kappa shape index (κ2) is 10.3. The van der Waals surface area contributed by atoms with Gasteiger partial charge in [-0.05, 0) is 83.5 Å². The maximum Gasteiger partial charge on any atom is 0.156 e. The van der Waals surface area contributed by atoms with Gasteiger partial charge in [0.1, 0.15) is 5.75 Å². The summed E-state index contributed by atoms with van der Waals surface area (Å²) in [5.74, 6) is 2.22. The molecule has 3 aromatic rings. The van der Waals surface area contributed by atoms with Gasteiger partial charge in [0.25, 0.3) is 0 Å². The smallest absolute Gasteiger partial charge is 0.156 e. The normalized spacial score (nSPS) is 13.1. The van der Waals surface area contributed by atoms with Crippen molar-refractivity contribution in [2.24, 2.45) is 11.7 Å². The van der Waals surface area contributed by atoms with E-state index in [4.69, 9.17) is 15.5 Å². The van der Waals surface area contributed by atoms with Crippen molar-refractivity contribution in [2.45, 2.75) is 26.2 Å². The van der Waals surface area contributed by atoms with Crippen LogP contribution in [0.4, 0.5) is 17.2 Å². The van der Waals surface area contributed by atoms with Crippen LogP contribution in [0.15, 0.2) is 54.2 Å². The minimum absolute atomic E-state index is 0.614. The molecule has 0 unspecified atom stereocenters. The zero-order valence-electron chi connectivity index (χ0n) is 18.3. The number of ether oxygens (including phenoxy) is 1. The van der Waals surface area contributed by atoms with Crippen LogP contribution >= 0.6 is 11.8 Å². The first-order valence-electron chi connectivity index (χ1n) is 10.7. The molecule has 32 heavy (non-hydrogen) atoms. The molecule has 1 heterocycles. The maximum absolute atomic E-state index is 5.57. The number of nitrogens with one attached hydrogen (secondary N) is 1. The summed E-state index contributed by atoms with van der Waals surface area (Å²) in [6.07, 6.45) is 6.66. The van der Waals surface area contributed by atoms with Crippen molar-refractivity contribution in [3.05, 3.63) is 59.8 Å². The number of methoxy groups -OCH3 is 1. The van der Waals surface area contributed by atoms with E-state index in [1.165, 1.54) is 36.4 Å². The van der Waals surface area contributed by atoms with Gasteiger partial charge in [-0.15, -0.1) is 0 Å². The maximum atomic E-state index is 5.57. The standard InChI is InChI=1S/C25H27N5OS/c1-3-18-12-21(14-22(13-18)31-2)30(17-19-4-5-19)20-6-7-23-24(15-20)29-25(16-28-23)27-9-11-32-10-8-26/h6-8,10,12-16,19H,3-5,17,26H2,1-2H3,(H,27,29)/b10-8-. The molecule has 1 aliphatic carbocycles. The summed E-state index contributed by atoms with van der Waals surface area (Å²) in [6.45, 7) is 3.14. The van der Waals surface area contributed by atoms with E-state index >= 15 is 0 Å². The molecule has 7 heteroatoms. The lowest BCUT2D eigenvalue weighted by Crippen LogP contribution is -2.20. The summed E-state index contributed by atoms with van der Waals surface area (Å²) in [6, 6.07) is 15.6. The van der Waals surface area contributed by atoms with E-state index in [0.29, 0.717) is 5.82 Å². The molecule has 0 spiro atoms. The van der Waals surface area contributed by atoms with E-state index in [0.717, 1.165) is 47.0 Å². The van der Waals surface area contributed by atoms with Crippen molar-refractivity contribution in [3.63, 3.8) is 0 Å². The van der Waals surface area contributed by atoms with E-state index in [-0.39, 0.29) is 0 Å². The van der Waals surface area contributed by atoms with Gasteiger partial charge in [-0.2, -0.15) is 0 Å². The lowest BCUT2D eigenvalue weighted by molar-refractivity contribution is 0.414. The van der Waals surface area contributed by atoms with Crippen molar-refractivity contribution in [1.82, 2.24) is 9.97 Å². The molecule has 0 aliphatic heterocycles. The van der Waals surface area contributed by atoms with Crippen LogP contribution in [0.25, 0.3) is 11.0 Å². The van der Waals surface area contributed by atoms with E-state index in [9.17, 15) is 0 Å². The highest BCUT2D eigenvalue weighted by Crippen LogP contribution is 2.37. The van der Waals surface area contributed by atoms with Crippen LogP contribution in [0.3, 0.4) is 0 Å². The van der Waals surface area contributed by atoms with Crippen molar-refractivity contribution in [1.29, 1.82) is 0 Å². The Labute approximate surface area is 193 Å². The molecule has 1 aliphatic rings. The Balaban J connectivity index is 1.67. The molecule has 6 nitrogen and oxygen atoms in total. The van der Waals surface area contributed by atoms with Gasteiger partial charge in [0.15, 0.2) is 5.82 Å². The molecule has 0 saturated heterocycles. The summed E-state index contributed by atoms with van der Waals surface area (Å²) in [5, 5.41) is 7.59. The minimum atomic E-state index is 0.614. The quantitative estimate of drug-likeness (QED) is 0.363. The topological polar surface area (TPSA) is 76.3 Å². The monoisotopic (exact) mass is 445 g/mol.